The molecule has 0 saturated heterocycles. The van der Waals surface area contributed by atoms with Crippen molar-refractivity contribution >= 4 is 64.7 Å². The Balaban J connectivity index is 0.000000854. The molecule has 1 heterocycles. The number of nitrogens with two attached hydrogens (primary N) is 2. The van der Waals surface area contributed by atoms with Gasteiger partial charge in [-0.3, -0.25) is 20.5 Å². The topological polar surface area (TPSA) is 193 Å². The van der Waals surface area contributed by atoms with Gasteiger partial charge in [0.25, 0.3) is 0 Å². The third-order valence-electron chi connectivity index (χ3n) is 7.38. The number of aromatic nitrogens is 1. The number of carbonyl (C=O) groups excluding carboxylic acids is 1. The number of carbonyl (C=O) groups is 1. The fourth-order valence-corrected chi connectivity index (χ4v) is 5.29. The molecule has 1 aliphatic carbocycles. The van der Waals surface area contributed by atoms with Crippen molar-refractivity contribution in [1.82, 2.24) is 4.98 Å². The summed E-state index contributed by atoms with van der Waals surface area (Å²) in [7, 11) is 0. The number of nitrogens with one attached hydrogen (secondary N) is 5. The lowest BCUT2D eigenvalue weighted by molar-refractivity contribution is -0.120. The van der Waals surface area contributed by atoms with Crippen molar-refractivity contribution in [3.05, 3.63) is 76.9 Å². The quantitative estimate of drug-likeness (QED) is 0.0684. The summed E-state index contributed by atoms with van der Waals surface area (Å²) in [5, 5.41) is 34.4. The molecule has 0 radical (unpaired) electrons. The predicted molar refractivity (Wildman–Crippen MR) is 174 cm³/mol. The number of hydrogen-bond donors (Lipinski definition) is 7. The average molecular weight is 616 g/mol. The number of amides is 1. The number of benzene rings is 3. The number of fused-ring (bicyclic) bond motifs is 3. The van der Waals surface area contributed by atoms with Gasteiger partial charge < -0.3 is 27.6 Å². The number of pyridine rings is 1. The van der Waals surface area contributed by atoms with Crippen LogP contribution in [0.25, 0.3) is 22.2 Å². The lowest BCUT2D eigenvalue weighted by Crippen LogP contribution is -2.29. The first kappa shape index (κ1) is 32.3. The summed E-state index contributed by atoms with van der Waals surface area (Å²) >= 11 is 0. The minimum absolute atomic E-state index is 0.113. The minimum Gasteiger partial charge on any atom is -0.398 e. The highest BCUT2D eigenvalue weighted by Gasteiger charge is 2.30. The number of aryl methyl sites for hydroxylation is 1. The molecule has 1 atom stereocenters. The van der Waals surface area contributed by atoms with E-state index in [0.717, 1.165) is 46.0 Å². The molecule has 0 spiro atoms. The first-order chi connectivity index (χ1) is 21.4. The SMILES string of the molecule is CC(F)(F)F.N=Cc1cc(-c2nc3ccc(N)c(C=N)c3c3c2CC(C(=O)Nc2ccc(N(C=N)C=N)cc2)CC3)ccc1N. The van der Waals surface area contributed by atoms with Gasteiger partial charge in [0.05, 0.1) is 23.9 Å². The third-order valence-corrected chi connectivity index (χ3v) is 7.38. The van der Waals surface area contributed by atoms with Crippen LogP contribution in [0.5, 0.6) is 0 Å². The van der Waals surface area contributed by atoms with E-state index < -0.39 is 6.18 Å². The van der Waals surface area contributed by atoms with E-state index >= 15 is 0 Å². The van der Waals surface area contributed by atoms with E-state index in [9.17, 15) is 18.0 Å². The van der Waals surface area contributed by atoms with Crippen LogP contribution in [-0.4, -0.2) is 42.2 Å². The number of halogens is 3. The van der Waals surface area contributed by atoms with E-state index in [2.05, 4.69) is 5.32 Å². The van der Waals surface area contributed by atoms with Gasteiger partial charge >= 0.3 is 6.18 Å². The van der Waals surface area contributed by atoms with E-state index in [0.29, 0.717) is 53.1 Å². The minimum atomic E-state index is -4.00. The van der Waals surface area contributed by atoms with E-state index in [1.807, 2.05) is 18.2 Å². The van der Waals surface area contributed by atoms with Crippen molar-refractivity contribution in [2.24, 2.45) is 5.92 Å². The van der Waals surface area contributed by atoms with Gasteiger partial charge in [0, 0.05) is 70.1 Å². The van der Waals surface area contributed by atoms with Crippen LogP contribution < -0.4 is 21.7 Å². The van der Waals surface area contributed by atoms with Crippen LogP contribution in [0.2, 0.25) is 0 Å². The molecule has 0 aliphatic heterocycles. The zero-order valence-corrected chi connectivity index (χ0v) is 24.3. The first-order valence-electron chi connectivity index (χ1n) is 13.8. The number of hydrogen-bond acceptors (Lipinski definition) is 8. The monoisotopic (exact) mass is 615 g/mol. The van der Waals surface area contributed by atoms with Gasteiger partial charge in [-0.15, -0.1) is 0 Å². The predicted octanol–water partition coefficient (Wildman–Crippen LogP) is 6.39. The highest BCUT2D eigenvalue weighted by molar-refractivity contribution is 6.06. The summed E-state index contributed by atoms with van der Waals surface area (Å²) in [6, 6.07) is 16.1. The van der Waals surface area contributed by atoms with Gasteiger partial charge in [0.15, 0.2) is 0 Å². The number of nitrogen functional groups attached to an aromatic ring is 2. The van der Waals surface area contributed by atoms with Crippen LogP contribution in [0.3, 0.4) is 0 Å². The Bertz CT molecular complexity index is 1770. The summed E-state index contributed by atoms with van der Waals surface area (Å²) in [5.41, 5.74) is 20.0. The molecule has 10 nitrogen and oxygen atoms in total. The molecular weight excluding hydrogens is 583 g/mol. The molecule has 1 amide bonds. The van der Waals surface area contributed by atoms with Crippen LogP contribution >= 0.6 is 0 Å². The van der Waals surface area contributed by atoms with Gasteiger partial charge in [0.1, 0.15) is 0 Å². The molecule has 13 heteroatoms. The van der Waals surface area contributed by atoms with Crippen molar-refractivity contribution < 1.29 is 18.0 Å². The van der Waals surface area contributed by atoms with E-state index in [-0.39, 0.29) is 18.7 Å². The third kappa shape index (κ3) is 7.32. The molecule has 45 heavy (non-hydrogen) atoms. The number of alkyl halides is 3. The summed E-state index contributed by atoms with van der Waals surface area (Å²) in [6.45, 7) is 0.188. The highest BCUT2D eigenvalue weighted by atomic mass is 19.4. The first-order valence-corrected chi connectivity index (χ1v) is 13.8. The maximum absolute atomic E-state index is 13.4. The Morgan fingerprint density at radius 1 is 0.956 bits per heavy atom. The Morgan fingerprint density at radius 2 is 1.60 bits per heavy atom. The molecule has 1 aromatic heterocycles. The highest BCUT2D eigenvalue weighted by Crippen LogP contribution is 2.39. The van der Waals surface area contributed by atoms with Crippen molar-refractivity contribution in [3.8, 4) is 11.3 Å². The lowest BCUT2D eigenvalue weighted by atomic mass is 9.79. The second-order valence-electron chi connectivity index (χ2n) is 10.4. The second-order valence-corrected chi connectivity index (χ2v) is 10.4. The van der Waals surface area contributed by atoms with Crippen LogP contribution in [0.4, 0.5) is 35.9 Å². The van der Waals surface area contributed by atoms with Gasteiger partial charge in [-0.2, -0.15) is 13.2 Å². The van der Waals surface area contributed by atoms with Crippen molar-refractivity contribution in [3.63, 3.8) is 0 Å². The Kier molecular flexibility index (Phi) is 9.60. The van der Waals surface area contributed by atoms with Gasteiger partial charge in [-0.1, -0.05) is 6.07 Å². The Labute approximate surface area is 257 Å². The maximum Gasteiger partial charge on any atom is 0.386 e. The summed E-state index contributed by atoms with van der Waals surface area (Å²) in [4.78, 5) is 19.8. The molecule has 1 aliphatic rings. The fourth-order valence-electron chi connectivity index (χ4n) is 5.29. The molecule has 3 aromatic carbocycles. The van der Waals surface area contributed by atoms with Crippen molar-refractivity contribution in [2.75, 3.05) is 21.7 Å². The molecule has 0 bridgehead atoms. The van der Waals surface area contributed by atoms with Gasteiger partial charge in [-0.25, -0.2) is 4.98 Å². The number of rotatable bonds is 8. The van der Waals surface area contributed by atoms with Gasteiger partial charge in [0.2, 0.25) is 5.91 Å². The lowest BCUT2D eigenvalue weighted by Gasteiger charge is -2.28. The molecule has 9 N–H and O–H groups in total. The van der Waals surface area contributed by atoms with E-state index in [4.69, 9.17) is 38.1 Å². The van der Waals surface area contributed by atoms with Crippen molar-refractivity contribution in [1.29, 1.82) is 21.6 Å². The number of anilines is 4. The zero-order valence-electron chi connectivity index (χ0n) is 24.3. The van der Waals surface area contributed by atoms with Crippen LogP contribution in [-0.2, 0) is 17.6 Å². The molecular formula is C32H32F3N9O. The van der Waals surface area contributed by atoms with Crippen LogP contribution in [0, 0.1) is 27.6 Å². The Hall–Kier alpha value is -5.59. The molecule has 1 unspecified atom stereocenters. The molecule has 0 saturated carbocycles. The van der Waals surface area contributed by atoms with E-state index in [1.54, 1.807) is 36.4 Å². The summed E-state index contributed by atoms with van der Waals surface area (Å²) < 4.78 is 31.1. The van der Waals surface area contributed by atoms with Gasteiger partial charge in [-0.05, 0) is 78.9 Å². The maximum atomic E-state index is 13.4. The average Bonchev–Trinajstić information content (AvgIpc) is 3.01. The normalized spacial score (nSPS) is 13.9. The van der Waals surface area contributed by atoms with E-state index in [1.165, 1.54) is 17.3 Å². The molecule has 0 fully saturated rings. The summed E-state index contributed by atoms with van der Waals surface area (Å²) in [5.74, 6) is -0.428. The zero-order chi connectivity index (χ0) is 32.9. The second kappa shape index (κ2) is 13.4. The van der Waals surface area contributed by atoms with Crippen LogP contribution in [0.15, 0.2) is 54.6 Å². The molecule has 4 aromatic rings. The smallest absolute Gasteiger partial charge is 0.386 e. The molecule has 5 rings (SSSR count). The standard InChI is InChI=1S/C30H29N9O.C2H3F3/c31-13-19-11-17(2-8-25(19)35)29-23-12-18(30(40)37-20-3-5-21(6-4-20)39(15-33)16-34)1-7-22(23)28-24(14-32)26(36)9-10-27(28)38-29;1-2(3,4)5/h2-6,8-11,13-16,18,31-34H,1,7,12,35-36H2,(H,37,40);1H3. The fraction of sp³-hybridized carbons (Fsp3) is 0.188. The Morgan fingerprint density at radius 3 is 2.20 bits per heavy atom. The summed E-state index contributed by atoms with van der Waals surface area (Å²) in [6.07, 6.45) is 2.23. The number of nitrogens with zero attached hydrogens (tertiary/aromatic N) is 2. The van der Waals surface area contributed by atoms with Crippen LogP contribution in [0.1, 0.15) is 35.6 Å². The molecule has 232 valence electrons. The largest absolute Gasteiger partial charge is 0.398 e. The van der Waals surface area contributed by atoms with Crippen molar-refractivity contribution in [2.45, 2.75) is 32.4 Å².